The van der Waals surface area contributed by atoms with E-state index in [-0.39, 0.29) is 17.7 Å². The highest BCUT2D eigenvalue weighted by Gasteiger charge is 2.43. The van der Waals surface area contributed by atoms with Crippen molar-refractivity contribution in [2.75, 3.05) is 39.9 Å². The Kier molecular flexibility index (Phi) is 12.2. The number of amides is 2. The van der Waals surface area contributed by atoms with Crippen LogP contribution < -0.4 is 10.1 Å². The van der Waals surface area contributed by atoms with Gasteiger partial charge >= 0.3 is 0 Å². The number of carbonyl (C=O) groups is 2. The van der Waals surface area contributed by atoms with Gasteiger partial charge < -0.3 is 24.6 Å². The molecule has 0 spiro atoms. The number of terminal acetylenes is 1. The van der Waals surface area contributed by atoms with Gasteiger partial charge in [-0.2, -0.15) is 10.2 Å². The molecule has 1 aliphatic carbocycles. The summed E-state index contributed by atoms with van der Waals surface area (Å²) in [4.78, 5) is 32.9. The monoisotopic (exact) mass is 627 g/mol. The molecule has 1 unspecified atom stereocenters. The lowest BCUT2D eigenvalue weighted by molar-refractivity contribution is -0.128. The number of nitrogens with one attached hydrogen (secondary N) is 1. The standard InChI is InChI=1S/C37H49N5O4/c1-3-4-21-37(39-40-37)22-26-42(36(44)31-15-17-33(45-2)18-16-31)34(30-19-24-41(25-20-30)32-13-9-6-10-14-32)35(43)38-23-27-46-28-29-11-7-5-8-12-29/h1,5,7-8,11-12,15-18,30,32,34H,4,6,9-10,13-14,19-28H2,2H3,(H,38,43). The van der Waals surface area contributed by atoms with Crippen LogP contribution in [0, 0.1) is 18.3 Å². The minimum Gasteiger partial charge on any atom is -0.497 e. The number of benzene rings is 2. The third-order valence-electron chi connectivity index (χ3n) is 9.78. The smallest absolute Gasteiger partial charge is 0.254 e. The number of ether oxygens (including phenoxy) is 2. The van der Waals surface area contributed by atoms with Crippen LogP contribution in [0.5, 0.6) is 5.75 Å². The number of piperidine rings is 1. The van der Waals surface area contributed by atoms with Crippen LogP contribution >= 0.6 is 0 Å². The van der Waals surface area contributed by atoms with Crippen LogP contribution in [0.15, 0.2) is 64.8 Å². The summed E-state index contributed by atoms with van der Waals surface area (Å²) in [6, 6.07) is 17.1. The van der Waals surface area contributed by atoms with Crippen molar-refractivity contribution in [3.63, 3.8) is 0 Å². The molecular weight excluding hydrogens is 578 g/mol. The molecule has 1 saturated carbocycles. The average Bonchev–Trinajstić information content (AvgIpc) is 3.89. The fourth-order valence-corrected chi connectivity index (χ4v) is 7.01. The summed E-state index contributed by atoms with van der Waals surface area (Å²) >= 11 is 0. The SMILES string of the molecule is C#CCCC1(CCN(C(=O)c2ccc(OC)cc2)C(C(=O)NCCOCc2ccccc2)C2CCN(C3CCCCC3)CC2)N=N1. The second-order valence-electron chi connectivity index (χ2n) is 12.8. The van der Waals surface area contributed by atoms with Crippen molar-refractivity contribution in [3.05, 3.63) is 65.7 Å². The van der Waals surface area contributed by atoms with E-state index in [0.717, 1.165) is 31.5 Å². The van der Waals surface area contributed by atoms with Crippen molar-refractivity contribution in [2.45, 2.75) is 88.6 Å². The number of hydrogen-bond acceptors (Lipinski definition) is 7. The Morgan fingerprint density at radius 2 is 1.74 bits per heavy atom. The minimum absolute atomic E-state index is 0.0296. The van der Waals surface area contributed by atoms with Crippen LogP contribution in [-0.4, -0.2) is 79.3 Å². The summed E-state index contributed by atoms with van der Waals surface area (Å²) in [5, 5.41) is 11.8. The average molecular weight is 628 g/mol. The van der Waals surface area contributed by atoms with E-state index >= 15 is 0 Å². The maximum Gasteiger partial charge on any atom is 0.254 e. The normalized spacial score (nSPS) is 18.8. The summed E-state index contributed by atoms with van der Waals surface area (Å²) in [7, 11) is 1.60. The Morgan fingerprint density at radius 1 is 1.02 bits per heavy atom. The van der Waals surface area contributed by atoms with Crippen molar-refractivity contribution >= 4 is 11.8 Å². The van der Waals surface area contributed by atoms with E-state index in [4.69, 9.17) is 15.9 Å². The summed E-state index contributed by atoms with van der Waals surface area (Å²) in [5.41, 5.74) is 1.04. The fourth-order valence-electron chi connectivity index (χ4n) is 7.01. The second kappa shape index (κ2) is 16.7. The Balaban J connectivity index is 1.32. The first-order chi connectivity index (χ1) is 22.5. The van der Waals surface area contributed by atoms with Crippen LogP contribution in [0.4, 0.5) is 0 Å². The molecule has 2 heterocycles. The molecule has 2 aromatic carbocycles. The second-order valence-corrected chi connectivity index (χ2v) is 12.8. The van der Waals surface area contributed by atoms with Gasteiger partial charge in [-0.1, -0.05) is 49.6 Å². The molecule has 1 atom stereocenters. The maximum atomic E-state index is 14.3. The summed E-state index contributed by atoms with van der Waals surface area (Å²) in [6.07, 6.45) is 15.4. The molecule has 246 valence electrons. The highest BCUT2D eigenvalue weighted by Crippen LogP contribution is 2.38. The fraction of sp³-hybridized carbons (Fsp3) is 0.568. The topological polar surface area (TPSA) is 95.8 Å². The Labute approximate surface area is 274 Å². The lowest BCUT2D eigenvalue weighted by Crippen LogP contribution is -2.57. The molecule has 1 saturated heterocycles. The molecule has 0 radical (unpaired) electrons. The van der Waals surface area contributed by atoms with Crippen molar-refractivity contribution < 1.29 is 19.1 Å². The predicted molar refractivity (Wildman–Crippen MR) is 178 cm³/mol. The molecular formula is C37H49N5O4. The van der Waals surface area contributed by atoms with Gasteiger partial charge in [0.2, 0.25) is 5.91 Å². The highest BCUT2D eigenvalue weighted by atomic mass is 16.5. The number of methoxy groups -OCH3 is 1. The van der Waals surface area contributed by atoms with Crippen molar-refractivity contribution in [1.82, 2.24) is 15.1 Å². The molecule has 3 aliphatic rings. The third-order valence-corrected chi connectivity index (χ3v) is 9.78. The number of rotatable bonds is 16. The van der Waals surface area contributed by atoms with Crippen molar-refractivity contribution in [1.29, 1.82) is 0 Å². The van der Waals surface area contributed by atoms with E-state index in [1.54, 1.807) is 36.3 Å². The molecule has 46 heavy (non-hydrogen) atoms. The van der Waals surface area contributed by atoms with E-state index in [2.05, 4.69) is 26.4 Å². The first-order valence-electron chi connectivity index (χ1n) is 17.0. The number of nitrogens with zero attached hydrogens (tertiary/aromatic N) is 4. The first kappa shape index (κ1) is 33.6. The van der Waals surface area contributed by atoms with E-state index in [1.165, 1.54) is 32.1 Å². The summed E-state index contributed by atoms with van der Waals surface area (Å²) in [6.45, 7) is 3.47. The van der Waals surface area contributed by atoms with Gasteiger partial charge in [-0.3, -0.25) is 9.59 Å². The van der Waals surface area contributed by atoms with Crippen molar-refractivity contribution in [2.24, 2.45) is 16.1 Å². The lowest BCUT2D eigenvalue weighted by atomic mass is 9.85. The zero-order valence-electron chi connectivity index (χ0n) is 27.2. The molecule has 5 rings (SSSR count). The lowest BCUT2D eigenvalue weighted by Gasteiger charge is -2.43. The molecule has 1 N–H and O–H groups in total. The number of likely N-dealkylation sites (tertiary alicyclic amines) is 1. The van der Waals surface area contributed by atoms with Gasteiger partial charge in [0.15, 0.2) is 5.66 Å². The Bertz CT molecular complexity index is 1320. The van der Waals surface area contributed by atoms with E-state index in [9.17, 15) is 9.59 Å². The molecule has 0 aromatic heterocycles. The molecule has 2 aliphatic heterocycles. The quantitative estimate of drug-likeness (QED) is 0.186. The molecule has 0 bridgehead atoms. The first-order valence-corrected chi connectivity index (χ1v) is 17.0. The van der Waals surface area contributed by atoms with Gasteiger partial charge in [0.25, 0.3) is 5.91 Å². The van der Waals surface area contributed by atoms with Gasteiger partial charge in [0, 0.05) is 44.0 Å². The number of carbonyl (C=O) groups excluding carboxylic acids is 2. The minimum atomic E-state index is -0.624. The van der Waals surface area contributed by atoms with Crippen LogP contribution in [-0.2, 0) is 16.1 Å². The van der Waals surface area contributed by atoms with Crippen LogP contribution in [0.25, 0.3) is 0 Å². The zero-order chi connectivity index (χ0) is 32.2. The van der Waals surface area contributed by atoms with Gasteiger partial charge in [-0.15, -0.1) is 12.3 Å². The Hall–Kier alpha value is -3.74. The van der Waals surface area contributed by atoms with Crippen LogP contribution in [0.2, 0.25) is 0 Å². The predicted octanol–water partition coefficient (Wildman–Crippen LogP) is 5.85. The zero-order valence-corrected chi connectivity index (χ0v) is 27.2. The molecule has 2 fully saturated rings. The van der Waals surface area contributed by atoms with Gasteiger partial charge in [-0.05, 0) is 74.5 Å². The largest absolute Gasteiger partial charge is 0.497 e. The maximum absolute atomic E-state index is 14.3. The van der Waals surface area contributed by atoms with E-state index in [1.807, 2.05) is 30.3 Å². The van der Waals surface area contributed by atoms with Gasteiger partial charge in [0.05, 0.1) is 20.3 Å². The van der Waals surface area contributed by atoms with Crippen LogP contribution in [0.3, 0.4) is 0 Å². The highest BCUT2D eigenvalue weighted by molar-refractivity contribution is 5.97. The Morgan fingerprint density at radius 3 is 2.39 bits per heavy atom. The van der Waals surface area contributed by atoms with E-state index in [0.29, 0.717) is 62.9 Å². The van der Waals surface area contributed by atoms with Crippen LogP contribution in [0.1, 0.15) is 80.1 Å². The van der Waals surface area contributed by atoms with Crippen molar-refractivity contribution in [3.8, 4) is 18.1 Å². The molecule has 9 nitrogen and oxygen atoms in total. The third kappa shape index (κ3) is 9.17. The summed E-state index contributed by atoms with van der Waals surface area (Å²) < 4.78 is 11.2. The number of hydrogen-bond donors (Lipinski definition) is 1. The van der Waals surface area contributed by atoms with E-state index < -0.39 is 11.7 Å². The molecule has 2 amide bonds. The molecule has 9 heteroatoms. The van der Waals surface area contributed by atoms with Gasteiger partial charge in [-0.25, -0.2) is 0 Å². The summed E-state index contributed by atoms with van der Waals surface area (Å²) in [5.74, 6) is 3.08. The molecule has 2 aromatic rings. The van der Waals surface area contributed by atoms with Gasteiger partial charge in [0.1, 0.15) is 11.8 Å².